The van der Waals surface area contributed by atoms with Gasteiger partial charge in [0.25, 0.3) is 5.91 Å². The number of amides is 1. The van der Waals surface area contributed by atoms with Gasteiger partial charge >= 0.3 is 0 Å². The van der Waals surface area contributed by atoms with Gasteiger partial charge in [0.15, 0.2) is 5.13 Å². The molecular weight excluding hydrogens is 389 g/mol. The van der Waals surface area contributed by atoms with Gasteiger partial charge in [0.1, 0.15) is 17.0 Å². The van der Waals surface area contributed by atoms with Gasteiger partial charge in [0, 0.05) is 17.0 Å². The molecule has 0 spiro atoms. The van der Waals surface area contributed by atoms with E-state index in [2.05, 4.69) is 15.3 Å². The molecule has 2 aromatic heterocycles. The Labute approximate surface area is 161 Å². The summed E-state index contributed by atoms with van der Waals surface area (Å²) >= 11 is 7.36. The minimum Gasteiger partial charge on any atom is -0.438 e. The van der Waals surface area contributed by atoms with Gasteiger partial charge in [-0.3, -0.25) is 10.1 Å². The van der Waals surface area contributed by atoms with Crippen molar-refractivity contribution in [2.75, 3.05) is 5.32 Å². The van der Waals surface area contributed by atoms with Gasteiger partial charge in [-0.05, 0) is 30.3 Å². The fourth-order valence-corrected chi connectivity index (χ4v) is 3.18. The summed E-state index contributed by atoms with van der Waals surface area (Å²) in [5, 5.41) is 5.78. The normalized spacial score (nSPS) is 11.7. The lowest BCUT2D eigenvalue weighted by molar-refractivity contribution is 0.102. The Balaban J connectivity index is 1.89. The van der Waals surface area contributed by atoms with E-state index in [-0.39, 0.29) is 16.1 Å². The Kier molecular flexibility index (Phi) is 4.70. The van der Waals surface area contributed by atoms with Crippen LogP contribution in [0.5, 0.6) is 0 Å². The van der Waals surface area contributed by atoms with Gasteiger partial charge < -0.3 is 4.42 Å². The van der Waals surface area contributed by atoms with Crippen molar-refractivity contribution in [1.82, 2.24) is 4.98 Å². The van der Waals surface area contributed by atoms with Crippen molar-refractivity contribution in [3.63, 3.8) is 0 Å². The third-order valence-corrected chi connectivity index (χ3v) is 4.68. The fourth-order valence-electron chi connectivity index (χ4n) is 2.45. The zero-order valence-corrected chi connectivity index (χ0v) is 15.2. The summed E-state index contributed by atoms with van der Waals surface area (Å²) in [5.41, 5.74) is 1.13. The first kappa shape index (κ1) is 17.4. The average Bonchev–Trinajstić information content (AvgIpc) is 3.16. The molecule has 4 aromatic rings. The van der Waals surface area contributed by atoms with E-state index >= 15 is 0 Å². The van der Waals surface area contributed by atoms with Crippen molar-refractivity contribution in [3.05, 3.63) is 82.1 Å². The first-order valence-electron chi connectivity index (χ1n) is 7.84. The molecular formula is C19H11ClFN3O2S. The lowest BCUT2D eigenvalue weighted by Crippen LogP contribution is -2.21. The summed E-state index contributed by atoms with van der Waals surface area (Å²) in [6.45, 7) is 0. The first-order chi connectivity index (χ1) is 13.1. The molecule has 1 N–H and O–H groups in total. The molecule has 134 valence electrons. The molecule has 0 aliphatic rings. The maximum absolute atomic E-state index is 13.3. The van der Waals surface area contributed by atoms with Crippen LogP contribution in [0.4, 0.5) is 15.2 Å². The maximum atomic E-state index is 13.3. The number of hydrogen-bond donors (Lipinski definition) is 1. The number of benzene rings is 2. The van der Waals surface area contributed by atoms with Crippen LogP contribution in [0, 0.1) is 5.82 Å². The predicted octanol–water partition coefficient (Wildman–Crippen LogP) is 5.17. The number of para-hydroxylation sites is 1. The zero-order valence-electron chi connectivity index (χ0n) is 13.6. The number of nitrogens with zero attached hydrogens (tertiary/aromatic N) is 2. The Bertz CT molecular complexity index is 1210. The number of carbonyl (C=O) groups is 1. The summed E-state index contributed by atoms with van der Waals surface area (Å²) in [4.78, 5) is 21.1. The van der Waals surface area contributed by atoms with Gasteiger partial charge in [-0.1, -0.05) is 29.8 Å². The quantitative estimate of drug-likeness (QED) is 0.517. The summed E-state index contributed by atoms with van der Waals surface area (Å²) in [7, 11) is 0. The monoisotopic (exact) mass is 399 g/mol. The van der Waals surface area contributed by atoms with Gasteiger partial charge in [-0.15, -0.1) is 11.3 Å². The highest BCUT2D eigenvalue weighted by Crippen LogP contribution is 2.25. The van der Waals surface area contributed by atoms with Crippen LogP contribution in [0.15, 0.2) is 69.5 Å². The first-order valence-corrected chi connectivity index (χ1v) is 9.09. The highest BCUT2D eigenvalue weighted by atomic mass is 35.5. The number of fused-ring (bicyclic) bond motifs is 1. The van der Waals surface area contributed by atoms with Crippen LogP contribution in [0.2, 0.25) is 5.02 Å². The van der Waals surface area contributed by atoms with Gasteiger partial charge in [0.05, 0.1) is 10.7 Å². The number of hydrogen-bond acceptors (Lipinski definition) is 5. The van der Waals surface area contributed by atoms with Gasteiger partial charge in [-0.2, -0.15) is 0 Å². The molecule has 4 rings (SSSR count). The number of rotatable bonds is 3. The summed E-state index contributed by atoms with van der Waals surface area (Å²) < 4.78 is 19.1. The Morgan fingerprint density at radius 2 is 2.07 bits per heavy atom. The van der Waals surface area contributed by atoms with E-state index < -0.39 is 11.7 Å². The smallest absolute Gasteiger partial charge is 0.262 e. The van der Waals surface area contributed by atoms with Crippen molar-refractivity contribution < 1.29 is 13.6 Å². The van der Waals surface area contributed by atoms with Crippen LogP contribution in [0.1, 0.15) is 10.4 Å². The molecule has 1 amide bonds. The van der Waals surface area contributed by atoms with Crippen molar-refractivity contribution in [3.8, 4) is 0 Å². The van der Waals surface area contributed by atoms with E-state index in [9.17, 15) is 9.18 Å². The lowest BCUT2D eigenvalue weighted by atomic mass is 10.2. The minimum atomic E-state index is -0.476. The molecule has 0 aliphatic heterocycles. The standard InChI is InChI=1S/C19H11ClFN3O2S/c20-14-10-12(21)5-6-15(14)23-18-13(17(25)24-19-22-7-8-27-19)9-11-3-1-2-4-16(11)26-18/h1-10H,(H,22,24,25). The predicted molar refractivity (Wildman–Crippen MR) is 103 cm³/mol. The minimum absolute atomic E-state index is 0.0660. The molecule has 0 unspecified atom stereocenters. The molecule has 5 nitrogen and oxygen atoms in total. The Morgan fingerprint density at radius 1 is 1.22 bits per heavy atom. The van der Waals surface area contributed by atoms with E-state index in [0.29, 0.717) is 16.4 Å². The number of anilines is 1. The van der Waals surface area contributed by atoms with Gasteiger partial charge in [-0.25, -0.2) is 14.4 Å². The molecule has 0 atom stereocenters. The summed E-state index contributed by atoms with van der Waals surface area (Å²) in [6, 6.07) is 12.7. The number of halogens is 2. The maximum Gasteiger partial charge on any atom is 0.262 e. The summed E-state index contributed by atoms with van der Waals surface area (Å²) in [5.74, 6) is -0.896. The summed E-state index contributed by atoms with van der Waals surface area (Å²) in [6.07, 6.45) is 1.59. The van der Waals surface area contributed by atoms with Crippen LogP contribution < -0.4 is 10.9 Å². The third-order valence-electron chi connectivity index (χ3n) is 3.69. The van der Waals surface area contributed by atoms with Crippen molar-refractivity contribution in [2.24, 2.45) is 4.99 Å². The van der Waals surface area contributed by atoms with Crippen LogP contribution in [-0.2, 0) is 0 Å². The van der Waals surface area contributed by atoms with Crippen LogP contribution in [0.25, 0.3) is 11.0 Å². The van der Waals surface area contributed by atoms with E-state index in [0.717, 1.165) is 11.5 Å². The topological polar surface area (TPSA) is 67.5 Å². The second-order valence-electron chi connectivity index (χ2n) is 5.50. The Hall–Kier alpha value is -3.03. The van der Waals surface area contributed by atoms with Crippen LogP contribution >= 0.6 is 22.9 Å². The third kappa shape index (κ3) is 3.74. The fraction of sp³-hybridized carbons (Fsp3) is 0. The number of aromatic nitrogens is 1. The highest BCUT2D eigenvalue weighted by molar-refractivity contribution is 7.13. The SMILES string of the molecule is O=C(Nc1nccs1)c1cc2ccccc2oc1=Nc1ccc(F)cc1Cl. The molecule has 0 saturated carbocycles. The second-order valence-corrected chi connectivity index (χ2v) is 6.80. The van der Waals surface area contributed by atoms with Crippen LogP contribution in [0.3, 0.4) is 0 Å². The average molecular weight is 400 g/mol. The number of nitrogens with one attached hydrogen (secondary N) is 1. The molecule has 27 heavy (non-hydrogen) atoms. The Morgan fingerprint density at radius 3 is 2.85 bits per heavy atom. The van der Waals surface area contributed by atoms with E-state index in [4.69, 9.17) is 16.0 Å². The lowest BCUT2D eigenvalue weighted by Gasteiger charge is -2.05. The number of thiazole rings is 1. The molecule has 0 radical (unpaired) electrons. The molecule has 0 saturated heterocycles. The van der Waals surface area contributed by atoms with E-state index in [1.807, 2.05) is 18.2 Å². The molecule has 8 heteroatoms. The molecule has 0 fully saturated rings. The number of carbonyl (C=O) groups excluding carboxylic acids is 1. The molecule has 2 aromatic carbocycles. The zero-order chi connectivity index (χ0) is 18.8. The molecule has 0 bridgehead atoms. The van der Waals surface area contributed by atoms with E-state index in [1.165, 1.54) is 23.5 Å². The van der Waals surface area contributed by atoms with Crippen molar-refractivity contribution >= 4 is 50.6 Å². The van der Waals surface area contributed by atoms with E-state index in [1.54, 1.807) is 23.7 Å². The van der Waals surface area contributed by atoms with Crippen molar-refractivity contribution in [2.45, 2.75) is 0 Å². The van der Waals surface area contributed by atoms with Crippen LogP contribution in [-0.4, -0.2) is 10.9 Å². The second kappa shape index (κ2) is 7.30. The highest BCUT2D eigenvalue weighted by Gasteiger charge is 2.14. The largest absolute Gasteiger partial charge is 0.438 e. The molecule has 0 aliphatic carbocycles. The van der Waals surface area contributed by atoms with Gasteiger partial charge in [0.2, 0.25) is 5.55 Å². The molecule has 2 heterocycles. The van der Waals surface area contributed by atoms with Crippen molar-refractivity contribution in [1.29, 1.82) is 0 Å².